The summed E-state index contributed by atoms with van der Waals surface area (Å²) in [5.41, 5.74) is -0.180. The van der Waals surface area contributed by atoms with Gasteiger partial charge in [-0.05, 0) is 17.5 Å². The Kier molecular flexibility index (Phi) is 3.91. The van der Waals surface area contributed by atoms with Crippen LogP contribution in [0.2, 0.25) is 5.02 Å². The number of hydrogen-bond acceptors (Lipinski definition) is 4. The Morgan fingerprint density at radius 2 is 1.96 bits per heavy atom. The molecule has 0 atom stereocenters. The van der Waals surface area contributed by atoms with Gasteiger partial charge in [-0.1, -0.05) is 35.9 Å². The first-order valence-corrected chi connectivity index (χ1v) is 7.03. The van der Waals surface area contributed by atoms with Gasteiger partial charge in [0.2, 0.25) is 0 Å². The maximum Gasteiger partial charge on any atom is 0.270 e. The number of nitro benzene ring substituents is 1. The van der Waals surface area contributed by atoms with Crippen LogP contribution in [-0.2, 0) is 0 Å². The molecule has 23 heavy (non-hydrogen) atoms. The van der Waals surface area contributed by atoms with E-state index in [1.165, 1.54) is 12.1 Å². The van der Waals surface area contributed by atoms with Crippen LogP contribution in [0.4, 0.5) is 11.5 Å². The highest BCUT2D eigenvalue weighted by Gasteiger charge is 2.17. The Hall–Kier alpha value is -2.99. The van der Waals surface area contributed by atoms with E-state index < -0.39 is 10.8 Å². The predicted molar refractivity (Wildman–Crippen MR) is 87.8 cm³/mol. The average Bonchev–Trinajstić information content (AvgIpc) is 2.55. The van der Waals surface area contributed by atoms with Crippen molar-refractivity contribution in [2.75, 3.05) is 5.32 Å². The van der Waals surface area contributed by atoms with Gasteiger partial charge in [-0.3, -0.25) is 14.9 Å². The highest BCUT2D eigenvalue weighted by molar-refractivity contribution is 6.34. The van der Waals surface area contributed by atoms with Crippen molar-refractivity contribution >= 4 is 39.8 Å². The second kappa shape index (κ2) is 6.02. The maximum absolute atomic E-state index is 12.4. The molecule has 3 aromatic rings. The molecule has 0 aliphatic rings. The number of amides is 1. The van der Waals surface area contributed by atoms with Crippen LogP contribution in [0, 0.1) is 10.1 Å². The van der Waals surface area contributed by atoms with Crippen molar-refractivity contribution in [1.82, 2.24) is 4.98 Å². The quantitative estimate of drug-likeness (QED) is 0.581. The number of non-ortho nitro benzene ring substituents is 1. The van der Waals surface area contributed by atoms with E-state index in [2.05, 4.69) is 10.3 Å². The van der Waals surface area contributed by atoms with Gasteiger partial charge in [-0.25, -0.2) is 4.98 Å². The van der Waals surface area contributed by atoms with Gasteiger partial charge in [0.25, 0.3) is 11.6 Å². The van der Waals surface area contributed by atoms with Crippen molar-refractivity contribution in [3.05, 3.63) is 75.4 Å². The lowest BCUT2D eigenvalue weighted by atomic mass is 10.1. The van der Waals surface area contributed by atoms with Crippen LogP contribution >= 0.6 is 11.6 Å². The summed E-state index contributed by atoms with van der Waals surface area (Å²) in [5.74, 6) is -0.182. The number of carbonyl (C=O) groups is 1. The van der Waals surface area contributed by atoms with Crippen LogP contribution in [0.25, 0.3) is 10.8 Å². The fourth-order valence-corrected chi connectivity index (χ4v) is 2.40. The van der Waals surface area contributed by atoms with Gasteiger partial charge < -0.3 is 5.32 Å². The Balaban J connectivity index is 1.98. The van der Waals surface area contributed by atoms with Gasteiger partial charge in [0.15, 0.2) is 0 Å². The minimum absolute atomic E-state index is 0.0237. The molecule has 0 saturated heterocycles. The first kappa shape index (κ1) is 14.9. The van der Waals surface area contributed by atoms with E-state index in [0.29, 0.717) is 5.82 Å². The molecule has 114 valence electrons. The van der Waals surface area contributed by atoms with Crippen molar-refractivity contribution in [1.29, 1.82) is 0 Å². The minimum atomic E-state index is -0.580. The smallest absolute Gasteiger partial charge is 0.270 e. The van der Waals surface area contributed by atoms with Crippen LogP contribution in [0.3, 0.4) is 0 Å². The molecule has 0 aliphatic heterocycles. The summed E-state index contributed by atoms with van der Waals surface area (Å²) in [4.78, 5) is 26.8. The Morgan fingerprint density at radius 3 is 2.74 bits per heavy atom. The van der Waals surface area contributed by atoms with Crippen molar-refractivity contribution in [2.45, 2.75) is 0 Å². The first-order valence-electron chi connectivity index (χ1n) is 6.65. The van der Waals surface area contributed by atoms with E-state index in [4.69, 9.17) is 11.6 Å². The van der Waals surface area contributed by atoms with E-state index in [0.717, 1.165) is 16.8 Å². The molecule has 2 aromatic carbocycles. The number of nitrogens with zero attached hydrogens (tertiary/aromatic N) is 2. The molecule has 0 saturated carbocycles. The summed E-state index contributed by atoms with van der Waals surface area (Å²) >= 11 is 5.98. The molecule has 1 aromatic heterocycles. The standard InChI is InChI=1S/C16H10ClN3O3/c17-14-6-5-11(20(22)23)9-13(14)16(21)19-15-12-4-2-1-3-10(12)7-8-18-15/h1-9H,(H,18,19,21). The average molecular weight is 328 g/mol. The van der Waals surface area contributed by atoms with Gasteiger partial charge in [-0.15, -0.1) is 0 Å². The second-order valence-corrected chi connectivity index (χ2v) is 5.16. The number of nitrogens with one attached hydrogen (secondary N) is 1. The number of aromatic nitrogens is 1. The molecule has 0 unspecified atom stereocenters. The van der Waals surface area contributed by atoms with Crippen LogP contribution in [0.1, 0.15) is 10.4 Å². The Bertz CT molecular complexity index is 922. The molecule has 0 bridgehead atoms. The van der Waals surface area contributed by atoms with Crippen molar-refractivity contribution in [2.24, 2.45) is 0 Å². The van der Waals surface area contributed by atoms with Crippen LogP contribution in [-0.4, -0.2) is 15.8 Å². The summed E-state index contributed by atoms with van der Waals surface area (Å²) in [7, 11) is 0. The SMILES string of the molecule is O=C(Nc1nccc2ccccc12)c1cc([N+](=O)[O-])ccc1Cl. The topological polar surface area (TPSA) is 85.1 Å². The summed E-state index contributed by atoms with van der Waals surface area (Å²) in [6, 6.07) is 13.0. The molecule has 0 aliphatic carbocycles. The second-order valence-electron chi connectivity index (χ2n) is 4.76. The molecular formula is C16H10ClN3O3. The molecule has 1 heterocycles. The molecule has 1 N–H and O–H groups in total. The largest absolute Gasteiger partial charge is 0.306 e. The number of anilines is 1. The van der Waals surface area contributed by atoms with E-state index >= 15 is 0 Å². The number of fused-ring (bicyclic) bond motifs is 1. The number of nitro groups is 1. The van der Waals surface area contributed by atoms with Crippen LogP contribution in [0.5, 0.6) is 0 Å². The lowest BCUT2D eigenvalue weighted by molar-refractivity contribution is -0.384. The zero-order chi connectivity index (χ0) is 16.4. The highest BCUT2D eigenvalue weighted by Crippen LogP contribution is 2.25. The molecule has 0 spiro atoms. The number of hydrogen-bond donors (Lipinski definition) is 1. The van der Waals surface area contributed by atoms with Gasteiger partial charge in [0, 0.05) is 23.7 Å². The third kappa shape index (κ3) is 2.97. The zero-order valence-electron chi connectivity index (χ0n) is 11.7. The van der Waals surface area contributed by atoms with Gasteiger partial charge in [-0.2, -0.15) is 0 Å². The van der Waals surface area contributed by atoms with E-state index in [9.17, 15) is 14.9 Å². The molecule has 0 radical (unpaired) electrons. The molecule has 7 heteroatoms. The number of pyridine rings is 1. The number of benzene rings is 2. The predicted octanol–water partition coefficient (Wildman–Crippen LogP) is 4.05. The fourth-order valence-electron chi connectivity index (χ4n) is 2.19. The highest BCUT2D eigenvalue weighted by atomic mass is 35.5. The Morgan fingerprint density at radius 1 is 1.17 bits per heavy atom. The third-order valence-electron chi connectivity index (χ3n) is 3.31. The van der Waals surface area contributed by atoms with E-state index in [-0.39, 0.29) is 16.3 Å². The zero-order valence-corrected chi connectivity index (χ0v) is 12.4. The molecule has 3 rings (SSSR count). The Labute approximate surface area is 135 Å². The van der Waals surface area contributed by atoms with Crippen molar-refractivity contribution < 1.29 is 9.72 Å². The van der Waals surface area contributed by atoms with Crippen molar-refractivity contribution in [3.63, 3.8) is 0 Å². The number of carbonyl (C=O) groups excluding carboxylic acids is 1. The van der Waals surface area contributed by atoms with E-state index in [1.807, 2.05) is 30.3 Å². The monoisotopic (exact) mass is 327 g/mol. The van der Waals surface area contributed by atoms with Gasteiger partial charge in [0.05, 0.1) is 15.5 Å². The summed E-state index contributed by atoms with van der Waals surface area (Å²) < 4.78 is 0. The maximum atomic E-state index is 12.4. The summed E-state index contributed by atoms with van der Waals surface area (Å²) in [6.07, 6.45) is 1.58. The third-order valence-corrected chi connectivity index (χ3v) is 3.64. The van der Waals surface area contributed by atoms with Crippen LogP contribution in [0.15, 0.2) is 54.7 Å². The first-order chi connectivity index (χ1) is 11.1. The molecular weight excluding hydrogens is 318 g/mol. The van der Waals surface area contributed by atoms with Crippen LogP contribution < -0.4 is 5.32 Å². The van der Waals surface area contributed by atoms with Gasteiger partial charge in [0.1, 0.15) is 5.82 Å². The fraction of sp³-hybridized carbons (Fsp3) is 0. The normalized spacial score (nSPS) is 10.5. The number of halogens is 1. The lowest BCUT2D eigenvalue weighted by Crippen LogP contribution is -2.14. The summed E-state index contributed by atoms with van der Waals surface area (Å²) in [6.45, 7) is 0. The summed E-state index contributed by atoms with van der Waals surface area (Å²) in [5, 5.41) is 15.3. The van der Waals surface area contributed by atoms with Crippen molar-refractivity contribution in [3.8, 4) is 0 Å². The molecule has 0 fully saturated rings. The minimum Gasteiger partial charge on any atom is -0.306 e. The number of rotatable bonds is 3. The lowest BCUT2D eigenvalue weighted by Gasteiger charge is -2.08. The molecule has 6 nitrogen and oxygen atoms in total. The van der Waals surface area contributed by atoms with Gasteiger partial charge >= 0.3 is 0 Å². The molecule has 1 amide bonds. The van der Waals surface area contributed by atoms with E-state index in [1.54, 1.807) is 6.20 Å².